The Morgan fingerprint density at radius 3 is 2.26 bits per heavy atom. The zero-order valence-corrected chi connectivity index (χ0v) is 18.5. The normalized spacial score (nSPS) is 12.1. The lowest BCUT2D eigenvalue weighted by atomic mass is 10.1. The van der Waals surface area contributed by atoms with E-state index < -0.39 is 23.1 Å². The van der Waals surface area contributed by atoms with Gasteiger partial charge in [-0.15, -0.1) is 0 Å². The molecule has 2 heterocycles. The first-order valence-electron chi connectivity index (χ1n) is 9.86. The summed E-state index contributed by atoms with van der Waals surface area (Å²) in [5.74, 6) is 0.772. The van der Waals surface area contributed by atoms with Crippen molar-refractivity contribution in [1.82, 2.24) is 15.0 Å². The lowest BCUT2D eigenvalue weighted by molar-refractivity contribution is -0.141. The van der Waals surface area contributed by atoms with Gasteiger partial charge in [-0.1, -0.05) is 12.1 Å². The third-order valence-corrected chi connectivity index (χ3v) is 4.92. The Balaban J connectivity index is 1.47. The number of nitrogens with zero attached hydrogens (tertiary/aromatic N) is 3. The van der Waals surface area contributed by atoms with Crippen LogP contribution in [0, 0.1) is 0 Å². The van der Waals surface area contributed by atoms with E-state index in [0.29, 0.717) is 34.2 Å². The molecule has 13 heteroatoms. The summed E-state index contributed by atoms with van der Waals surface area (Å²) in [5.41, 5.74) is 7.11. The Morgan fingerprint density at radius 1 is 0.914 bits per heavy atom. The van der Waals surface area contributed by atoms with Crippen LogP contribution < -0.4 is 20.5 Å². The molecule has 180 valence electrons. The molecule has 0 aliphatic rings. The maximum atomic E-state index is 12.8. The van der Waals surface area contributed by atoms with Crippen LogP contribution in [-0.2, 0) is 17.4 Å². The monoisotopic (exact) mass is 502 g/mol. The minimum Gasteiger partial charge on any atom is -0.457 e. The van der Waals surface area contributed by atoms with Gasteiger partial charge in [0, 0.05) is 35.3 Å². The van der Waals surface area contributed by atoms with Crippen LogP contribution in [0.2, 0.25) is 0 Å². The maximum absolute atomic E-state index is 12.8. The van der Waals surface area contributed by atoms with E-state index in [9.17, 15) is 17.4 Å². The number of ether oxygens (including phenoxy) is 1. The van der Waals surface area contributed by atoms with Crippen LogP contribution in [0.25, 0.3) is 11.3 Å². The quantitative estimate of drug-likeness (QED) is 0.253. The molecule has 1 atom stereocenters. The van der Waals surface area contributed by atoms with Crippen LogP contribution in [-0.4, -0.2) is 23.7 Å². The number of hydrogen-bond donors (Lipinski definition) is 4. The maximum Gasteiger partial charge on any atom is 0.433 e. The largest absolute Gasteiger partial charge is 0.457 e. The van der Waals surface area contributed by atoms with Crippen LogP contribution in [0.15, 0.2) is 72.9 Å². The molecule has 4 rings (SSSR count). The van der Waals surface area contributed by atoms with E-state index in [1.807, 2.05) is 0 Å². The van der Waals surface area contributed by atoms with Gasteiger partial charge in [0.2, 0.25) is 5.95 Å². The molecular formula is C22H17F3N6O3S. The van der Waals surface area contributed by atoms with E-state index in [4.69, 9.17) is 15.0 Å². The van der Waals surface area contributed by atoms with Gasteiger partial charge in [-0.05, 0) is 42.5 Å². The molecule has 0 aliphatic carbocycles. The fourth-order valence-electron chi connectivity index (χ4n) is 3.01. The highest BCUT2D eigenvalue weighted by molar-refractivity contribution is 7.80. The summed E-state index contributed by atoms with van der Waals surface area (Å²) in [4.78, 5) is 11.7. The second-order valence-electron chi connectivity index (χ2n) is 7.05. The fourth-order valence-corrected chi connectivity index (χ4v) is 3.35. The van der Waals surface area contributed by atoms with Gasteiger partial charge in [-0.25, -0.2) is 9.19 Å². The SMILES string of the molecule is Nc1nc(Nc2ccc(Oc3ccnc(C(F)(F)F)c3)cc2)cc(-c2ccc(NS(=O)O)cc2)n1. The topological polar surface area (TPSA) is 135 Å². The van der Waals surface area contributed by atoms with E-state index in [0.717, 1.165) is 12.3 Å². The van der Waals surface area contributed by atoms with E-state index in [2.05, 4.69) is 25.0 Å². The summed E-state index contributed by atoms with van der Waals surface area (Å²) >= 11 is -2.18. The number of benzene rings is 2. The highest BCUT2D eigenvalue weighted by atomic mass is 32.2. The molecule has 0 amide bonds. The Bertz CT molecular complexity index is 1350. The number of nitrogens with one attached hydrogen (secondary N) is 2. The van der Waals surface area contributed by atoms with Crippen molar-refractivity contribution in [3.8, 4) is 22.8 Å². The first-order chi connectivity index (χ1) is 16.7. The third kappa shape index (κ3) is 6.43. The number of hydrogen-bond acceptors (Lipinski definition) is 7. The molecule has 1 unspecified atom stereocenters. The van der Waals surface area contributed by atoms with Crippen molar-refractivity contribution >= 4 is 34.4 Å². The number of anilines is 4. The van der Waals surface area contributed by atoms with Crippen molar-refractivity contribution < 1.29 is 26.7 Å². The van der Waals surface area contributed by atoms with Crippen molar-refractivity contribution in [2.45, 2.75) is 6.18 Å². The lowest BCUT2D eigenvalue weighted by Crippen LogP contribution is -2.07. The summed E-state index contributed by atoms with van der Waals surface area (Å²) < 4.78 is 66.1. The van der Waals surface area contributed by atoms with E-state index in [-0.39, 0.29) is 11.7 Å². The molecule has 0 saturated heterocycles. The van der Waals surface area contributed by atoms with Gasteiger partial charge in [0.25, 0.3) is 11.3 Å². The standard InChI is InChI=1S/C22H17F3N6O3S/c23-22(24,25)19-11-17(9-10-27-19)34-16-7-5-14(6-8-16)28-20-12-18(29-21(26)30-20)13-1-3-15(4-2-13)31-35(32)33/h1-12,31H,(H,32,33)(H3,26,28,29,30). The molecule has 9 nitrogen and oxygen atoms in total. The van der Waals surface area contributed by atoms with Crippen LogP contribution in [0.4, 0.5) is 36.3 Å². The molecule has 2 aromatic heterocycles. The predicted molar refractivity (Wildman–Crippen MR) is 125 cm³/mol. The van der Waals surface area contributed by atoms with E-state index in [1.54, 1.807) is 54.6 Å². The molecule has 0 saturated carbocycles. The summed E-state index contributed by atoms with van der Waals surface area (Å²) in [6.07, 6.45) is -3.53. The van der Waals surface area contributed by atoms with Gasteiger partial charge in [0.05, 0.1) is 5.69 Å². The predicted octanol–water partition coefficient (Wildman–Crippen LogP) is 5.22. The zero-order chi connectivity index (χ0) is 25.0. The van der Waals surface area contributed by atoms with E-state index in [1.165, 1.54) is 6.07 Å². The number of pyridine rings is 1. The van der Waals surface area contributed by atoms with Gasteiger partial charge in [-0.3, -0.25) is 14.3 Å². The number of nitrogens with two attached hydrogens (primary N) is 1. The number of alkyl halides is 3. The van der Waals surface area contributed by atoms with Gasteiger partial charge < -0.3 is 15.8 Å². The molecule has 0 spiro atoms. The Labute approximate surface area is 199 Å². The molecule has 35 heavy (non-hydrogen) atoms. The van der Waals surface area contributed by atoms with Gasteiger partial charge in [0.1, 0.15) is 23.0 Å². The summed E-state index contributed by atoms with van der Waals surface area (Å²) in [7, 11) is 0. The van der Waals surface area contributed by atoms with Gasteiger partial charge in [-0.2, -0.15) is 18.2 Å². The van der Waals surface area contributed by atoms with Crippen LogP contribution in [0.1, 0.15) is 5.69 Å². The molecular weight excluding hydrogens is 485 g/mol. The lowest BCUT2D eigenvalue weighted by Gasteiger charge is -2.11. The molecule has 0 radical (unpaired) electrons. The number of halogens is 3. The van der Waals surface area contributed by atoms with Crippen LogP contribution >= 0.6 is 0 Å². The van der Waals surface area contributed by atoms with E-state index >= 15 is 0 Å². The van der Waals surface area contributed by atoms with Crippen molar-refractivity contribution in [2.75, 3.05) is 15.8 Å². The minimum absolute atomic E-state index is 0.00713. The number of nitrogen functional groups attached to an aromatic ring is 1. The van der Waals surface area contributed by atoms with Crippen LogP contribution in [0.5, 0.6) is 11.5 Å². The van der Waals surface area contributed by atoms with Crippen molar-refractivity contribution in [3.05, 3.63) is 78.6 Å². The average molecular weight is 502 g/mol. The van der Waals surface area contributed by atoms with Gasteiger partial charge >= 0.3 is 6.18 Å². The highest BCUT2D eigenvalue weighted by Gasteiger charge is 2.32. The first-order valence-corrected chi connectivity index (χ1v) is 11.0. The molecule has 2 aromatic carbocycles. The minimum atomic E-state index is -4.57. The molecule has 0 fully saturated rings. The molecule has 5 N–H and O–H groups in total. The Kier molecular flexibility index (Phi) is 6.80. The molecule has 0 aliphatic heterocycles. The first kappa shape index (κ1) is 23.9. The Hall–Kier alpha value is -4.23. The highest BCUT2D eigenvalue weighted by Crippen LogP contribution is 2.31. The second-order valence-corrected chi connectivity index (χ2v) is 7.75. The van der Waals surface area contributed by atoms with Crippen LogP contribution in [0.3, 0.4) is 0 Å². The van der Waals surface area contributed by atoms with Crippen molar-refractivity contribution in [2.24, 2.45) is 0 Å². The number of aromatic nitrogens is 3. The second kappa shape index (κ2) is 9.95. The molecule has 4 aromatic rings. The summed E-state index contributed by atoms with van der Waals surface area (Å²) in [6.45, 7) is 0. The smallest absolute Gasteiger partial charge is 0.433 e. The zero-order valence-electron chi connectivity index (χ0n) is 17.7. The van der Waals surface area contributed by atoms with Gasteiger partial charge in [0.15, 0.2) is 0 Å². The number of rotatable bonds is 7. The fraction of sp³-hybridized carbons (Fsp3) is 0.0455. The Morgan fingerprint density at radius 2 is 1.60 bits per heavy atom. The van der Waals surface area contributed by atoms with Crippen molar-refractivity contribution in [1.29, 1.82) is 0 Å². The average Bonchev–Trinajstić information content (AvgIpc) is 2.80. The van der Waals surface area contributed by atoms with Crippen molar-refractivity contribution in [3.63, 3.8) is 0 Å². The molecule has 0 bridgehead atoms. The summed E-state index contributed by atoms with van der Waals surface area (Å²) in [5, 5.41) is 3.08. The third-order valence-electron chi connectivity index (χ3n) is 4.51. The summed E-state index contributed by atoms with van der Waals surface area (Å²) in [6, 6.07) is 17.0.